The maximum Gasteiger partial charge on any atom is 0.151 e. The Hall–Kier alpha value is -1.59. The number of rotatable bonds is 7. The molecule has 2 aromatic heterocycles. The molecule has 19 heavy (non-hydrogen) atoms. The van der Waals surface area contributed by atoms with Crippen molar-refractivity contribution < 1.29 is 8.94 Å². The normalized spacial score (nSPS) is 15.3. The van der Waals surface area contributed by atoms with Crippen molar-refractivity contribution in [3.63, 3.8) is 0 Å². The highest BCUT2D eigenvalue weighted by molar-refractivity contribution is 5.07. The van der Waals surface area contributed by atoms with Gasteiger partial charge in [-0.3, -0.25) is 4.90 Å². The zero-order valence-electron chi connectivity index (χ0n) is 11.1. The third kappa shape index (κ3) is 3.24. The average molecular weight is 261 g/mol. The first-order valence-electron chi connectivity index (χ1n) is 6.70. The summed E-state index contributed by atoms with van der Waals surface area (Å²) >= 11 is 0. The van der Waals surface area contributed by atoms with Crippen molar-refractivity contribution in [2.45, 2.75) is 38.5 Å². The smallest absolute Gasteiger partial charge is 0.151 e. The Morgan fingerprint density at radius 2 is 2.21 bits per heavy atom. The van der Waals surface area contributed by atoms with Crippen LogP contribution in [0.4, 0.5) is 0 Å². The largest absolute Gasteiger partial charge is 0.468 e. The molecule has 1 N–H and O–H groups in total. The molecule has 0 atom stereocenters. The van der Waals surface area contributed by atoms with Crippen LogP contribution >= 0.6 is 0 Å². The second-order valence-electron chi connectivity index (χ2n) is 5.03. The molecule has 5 heteroatoms. The van der Waals surface area contributed by atoms with Crippen LogP contribution in [-0.2, 0) is 19.6 Å². The van der Waals surface area contributed by atoms with Crippen molar-refractivity contribution in [1.82, 2.24) is 15.4 Å². The Labute approximate surface area is 112 Å². The van der Waals surface area contributed by atoms with E-state index in [1.165, 1.54) is 12.8 Å². The fourth-order valence-electron chi connectivity index (χ4n) is 2.25. The first-order valence-corrected chi connectivity index (χ1v) is 6.70. The molecule has 2 aromatic rings. The van der Waals surface area contributed by atoms with E-state index in [-0.39, 0.29) is 0 Å². The molecule has 0 amide bonds. The molecule has 0 unspecified atom stereocenters. The zero-order valence-corrected chi connectivity index (χ0v) is 11.1. The fraction of sp³-hybridized carbons (Fsp3) is 0.500. The summed E-state index contributed by atoms with van der Waals surface area (Å²) in [5, 5.41) is 7.12. The van der Waals surface area contributed by atoms with Crippen LogP contribution in [0.15, 0.2) is 33.4 Å². The lowest BCUT2D eigenvalue weighted by Crippen LogP contribution is -2.24. The van der Waals surface area contributed by atoms with E-state index in [9.17, 15) is 0 Å². The van der Waals surface area contributed by atoms with Gasteiger partial charge in [-0.25, -0.2) is 0 Å². The molecule has 5 nitrogen and oxygen atoms in total. The minimum absolute atomic E-state index is 0.656. The SMILES string of the molecule is CNCc1cc(CN(Cc2ccco2)C2CC2)on1. The summed E-state index contributed by atoms with van der Waals surface area (Å²) in [7, 11) is 1.90. The van der Waals surface area contributed by atoms with Crippen LogP contribution in [0, 0.1) is 0 Å². The number of furan rings is 1. The lowest BCUT2D eigenvalue weighted by molar-refractivity contribution is 0.199. The van der Waals surface area contributed by atoms with Gasteiger partial charge in [0.2, 0.25) is 0 Å². The van der Waals surface area contributed by atoms with Crippen molar-refractivity contribution >= 4 is 0 Å². The van der Waals surface area contributed by atoms with E-state index in [4.69, 9.17) is 8.94 Å². The molecular weight excluding hydrogens is 242 g/mol. The summed E-state index contributed by atoms with van der Waals surface area (Å²) in [5.74, 6) is 1.92. The monoisotopic (exact) mass is 261 g/mol. The van der Waals surface area contributed by atoms with E-state index in [0.29, 0.717) is 6.04 Å². The number of nitrogens with zero attached hydrogens (tertiary/aromatic N) is 2. The van der Waals surface area contributed by atoms with Gasteiger partial charge in [0.05, 0.1) is 25.0 Å². The molecule has 0 bridgehead atoms. The van der Waals surface area contributed by atoms with E-state index < -0.39 is 0 Å². The standard InChI is InChI=1S/C14H19N3O2/c1-15-8-11-7-14(19-16-11)10-17(12-4-5-12)9-13-3-2-6-18-13/h2-3,6-7,12,15H,4-5,8-10H2,1H3. The Morgan fingerprint density at radius 3 is 2.89 bits per heavy atom. The maximum atomic E-state index is 5.43. The Kier molecular flexibility index (Phi) is 3.66. The number of aromatic nitrogens is 1. The third-order valence-corrected chi connectivity index (χ3v) is 3.33. The Balaban J connectivity index is 1.63. The first kappa shape index (κ1) is 12.4. The molecule has 3 rings (SSSR count). The summed E-state index contributed by atoms with van der Waals surface area (Å²) in [6, 6.07) is 6.62. The van der Waals surface area contributed by atoms with Crippen molar-refractivity contribution in [1.29, 1.82) is 0 Å². The molecule has 0 aliphatic heterocycles. The maximum absolute atomic E-state index is 5.43. The lowest BCUT2D eigenvalue weighted by atomic mass is 10.3. The summed E-state index contributed by atoms with van der Waals surface area (Å²) < 4.78 is 10.8. The molecule has 0 spiro atoms. The van der Waals surface area contributed by atoms with Crippen molar-refractivity contribution in [2.24, 2.45) is 0 Å². The fourth-order valence-corrected chi connectivity index (χ4v) is 2.25. The second-order valence-corrected chi connectivity index (χ2v) is 5.03. The van der Waals surface area contributed by atoms with Crippen molar-refractivity contribution in [3.05, 3.63) is 41.7 Å². The highest BCUT2D eigenvalue weighted by Crippen LogP contribution is 2.30. The molecule has 1 aliphatic carbocycles. The molecule has 1 aliphatic rings. The molecule has 1 saturated carbocycles. The first-order chi connectivity index (χ1) is 9.35. The van der Waals surface area contributed by atoms with Gasteiger partial charge in [0.15, 0.2) is 5.76 Å². The average Bonchev–Trinajstić information content (AvgIpc) is 2.95. The molecule has 102 valence electrons. The van der Waals surface area contributed by atoms with Crippen LogP contribution < -0.4 is 5.32 Å². The lowest BCUT2D eigenvalue weighted by Gasteiger charge is -2.18. The predicted molar refractivity (Wildman–Crippen MR) is 70.2 cm³/mol. The van der Waals surface area contributed by atoms with E-state index >= 15 is 0 Å². The Bertz CT molecular complexity index is 503. The van der Waals surface area contributed by atoms with E-state index in [1.807, 2.05) is 25.2 Å². The molecule has 0 radical (unpaired) electrons. The second kappa shape index (κ2) is 5.59. The van der Waals surface area contributed by atoms with Crippen molar-refractivity contribution in [3.8, 4) is 0 Å². The quantitative estimate of drug-likeness (QED) is 0.827. The number of nitrogens with one attached hydrogen (secondary N) is 1. The molecule has 2 heterocycles. The van der Waals surface area contributed by atoms with Gasteiger partial charge in [-0.1, -0.05) is 5.16 Å². The minimum atomic E-state index is 0.656. The van der Waals surface area contributed by atoms with Crippen LogP contribution in [0.3, 0.4) is 0 Å². The van der Waals surface area contributed by atoms with Crippen LogP contribution in [0.1, 0.15) is 30.1 Å². The van der Waals surface area contributed by atoms with Gasteiger partial charge in [0.25, 0.3) is 0 Å². The van der Waals surface area contributed by atoms with Crippen LogP contribution in [-0.4, -0.2) is 23.1 Å². The van der Waals surface area contributed by atoms with Gasteiger partial charge < -0.3 is 14.3 Å². The van der Waals surface area contributed by atoms with Gasteiger partial charge in [0, 0.05) is 18.7 Å². The van der Waals surface area contributed by atoms with Gasteiger partial charge >= 0.3 is 0 Å². The van der Waals surface area contributed by atoms with Gasteiger partial charge in [-0.15, -0.1) is 0 Å². The van der Waals surface area contributed by atoms with Crippen molar-refractivity contribution in [2.75, 3.05) is 7.05 Å². The highest BCUT2D eigenvalue weighted by Gasteiger charge is 2.30. The Morgan fingerprint density at radius 1 is 1.37 bits per heavy atom. The highest BCUT2D eigenvalue weighted by atomic mass is 16.5. The topological polar surface area (TPSA) is 54.4 Å². The number of hydrogen-bond acceptors (Lipinski definition) is 5. The predicted octanol–water partition coefficient (Wildman–Crippen LogP) is 2.15. The third-order valence-electron chi connectivity index (χ3n) is 3.33. The summed E-state index contributed by atoms with van der Waals surface area (Å²) in [6.45, 7) is 2.37. The number of hydrogen-bond donors (Lipinski definition) is 1. The zero-order chi connectivity index (χ0) is 13.1. The van der Waals surface area contributed by atoms with E-state index in [1.54, 1.807) is 6.26 Å². The summed E-state index contributed by atoms with van der Waals surface area (Å²) in [6.07, 6.45) is 4.25. The summed E-state index contributed by atoms with van der Waals surface area (Å²) in [5.41, 5.74) is 0.950. The van der Waals surface area contributed by atoms with Crippen LogP contribution in [0.25, 0.3) is 0 Å². The van der Waals surface area contributed by atoms with Gasteiger partial charge in [0.1, 0.15) is 5.76 Å². The molecule has 0 aromatic carbocycles. The van der Waals surface area contributed by atoms with E-state index in [0.717, 1.165) is 36.8 Å². The van der Waals surface area contributed by atoms with Gasteiger partial charge in [-0.05, 0) is 32.0 Å². The molecule has 1 fully saturated rings. The van der Waals surface area contributed by atoms with Crippen LogP contribution in [0.2, 0.25) is 0 Å². The molecular formula is C14H19N3O2. The van der Waals surface area contributed by atoms with E-state index in [2.05, 4.69) is 15.4 Å². The summed E-state index contributed by atoms with van der Waals surface area (Å²) in [4.78, 5) is 2.39. The molecule has 0 saturated heterocycles. The van der Waals surface area contributed by atoms with Gasteiger partial charge in [-0.2, -0.15) is 0 Å². The van der Waals surface area contributed by atoms with Crippen LogP contribution in [0.5, 0.6) is 0 Å². The minimum Gasteiger partial charge on any atom is -0.468 e.